The molecule has 4 aromatic rings. The molecule has 1 aromatic heterocycles. The Morgan fingerprint density at radius 2 is 1.78 bits per heavy atom. The molecule has 1 unspecified atom stereocenters. The van der Waals surface area contributed by atoms with Crippen LogP contribution in [0.15, 0.2) is 90.2 Å². The van der Waals surface area contributed by atoms with Crippen LogP contribution in [0.25, 0.3) is 16.6 Å². The highest BCUT2D eigenvalue weighted by molar-refractivity contribution is 6.28. The molecule has 36 heavy (non-hydrogen) atoms. The van der Waals surface area contributed by atoms with E-state index in [1.807, 2.05) is 59.3 Å². The van der Waals surface area contributed by atoms with Crippen molar-refractivity contribution in [2.24, 2.45) is 11.0 Å². The van der Waals surface area contributed by atoms with E-state index in [0.29, 0.717) is 11.4 Å². The number of nitrogens with one attached hydrogen (secondary N) is 1. The molecule has 0 fully saturated rings. The summed E-state index contributed by atoms with van der Waals surface area (Å²) in [5.41, 5.74) is 2.73. The Labute approximate surface area is 206 Å². The molecule has 1 atom stereocenters. The number of carbonyl (C=O) groups is 2. The fourth-order valence-electron chi connectivity index (χ4n) is 4.36. The van der Waals surface area contributed by atoms with Gasteiger partial charge in [-0.2, -0.15) is 10.1 Å². The van der Waals surface area contributed by atoms with Gasteiger partial charge in [0.05, 0.1) is 16.9 Å². The summed E-state index contributed by atoms with van der Waals surface area (Å²) in [6.07, 6.45) is 1.60. The van der Waals surface area contributed by atoms with Crippen molar-refractivity contribution in [3.63, 3.8) is 0 Å². The lowest BCUT2D eigenvalue weighted by molar-refractivity contribution is -0.127. The second-order valence-electron chi connectivity index (χ2n) is 8.72. The van der Waals surface area contributed by atoms with Gasteiger partial charge in [-0.3, -0.25) is 9.59 Å². The molecule has 1 N–H and O–H groups in total. The third-order valence-electron chi connectivity index (χ3n) is 6.35. The average Bonchev–Trinajstić information content (AvgIpc) is 3.44. The molecule has 0 saturated carbocycles. The molecular weight excluding hydrogens is 462 g/mol. The highest BCUT2D eigenvalue weighted by atomic mass is 19.3. The van der Waals surface area contributed by atoms with E-state index in [4.69, 9.17) is 0 Å². The summed E-state index contributed by atoms with van der Waals surface area (Å²) in [7, 11) is 0. The summed E-state index contributed by atoms with van der Waals surface area (Å²) in [5, 5.41) is 9.18. The smallest absolute Gasteiger partial charge is 0.273 e. The number of carbonyl (C=O) groups excluding carboxylic acids is 2. The van der Waals surface area contributed by atoms with E-state index in [-0.39, 0.29) is 17.7 Å². The van der Waals surface area contributed by atoms with E-state index in [9.17, 15) is 18.4 Å². The number of rotatable bonds is 6. The van der Waals surface area contributed by atoms with Crippen LogP contribution in [-0.4, -0.2) is 22.1 Å². The first-order valence-corrected chi connectivity index (χ1v) is 11.6. The maximum absolute atomic E-state index is 14.1. The molecule has 8 heteroatoms. The first-order chi connectivity index (χ1) is 17.3. The topological polar surface area (TPSA) is 66.7 Å². The van der Waals surface area contributed by atoms with E-state index >= 15 is 0 Å². The van der Waals surface area contributed by atoms with Crippen LogP contribution in [-0.2, 0) is 15.5 Å². The summed E-state index contributed by atoms with van der Waals surface area (Å²) in [6.45, 7) is 3.00. The van der Waals surface area contributed by atoms with Crippen molar-refractivity contribution in [2.45, 2.75) is 26.2 Å². The maximum atomic E-state index is 14.1. The minimum atomic E-state index is -3.01. The van der Waals surface area contributed by atoms with E-state index in [1.165, 1.54) is 36.2 Å². The van der Waals surface area contributed by atoms with Gasteiger partial charge in [-0.25, -0.2) is 8.78 Å². The van der Waals surface area contributed by atoms with Crippen molar-refractivity contribution in [1.29, 1.82) is 0 Å². The number of hydrazone groups is 1. The zero-order valence-corrected chi connectivity index (χ0v) is 19.8. The summed E-state index contributed by atoms with van der Waals surface area (Å²) >= 11 is 0. The Morgan fingerprint density at radius 3 is 2.53 bits per heavy atom. The number of benzene rings is 3. The first kappa shape index (κ1) is 23.4. The Hall–Kier alpha value is -4.33. The van der Waals surface area contributed by atoms with Gasteiger partial charge >= 0.3 is 0 Å². The molecule has 2 heterocycles. The standard InChI is InChI=1S/C28H24F2N4O2/c1-3-28(29,30)20-8-7-9-21(16-20)31-26(35)25-18(2)32-34(27(25)36)23-13-12-19-14-15-33(24(19)17-23)22-10-5-4-6-11-22/h4-17,25H,3H2,1-2H3,(H,31,35). The van der Waals surface area contributed by atoms with Crippen LogP contribution < -0.4 is 10.3 Å². The Balaban J connectivity index is 1.40. The number of hydrogen-bond donors (Lipinski definition) is 1. The number of amides is 2. The quantitative estimate of drug-likeness (QED) is 0.334. The van der Waals surface area contributed by atoms with Crippen LogP contribution in [0.4, 0.5) is 20.2 Å². The van der Waals surface area contributed by atoms with Gasteiger partial charge in [-0.1, -0.05) is 43.3 Å². The first-order valence-electron chi connectivity index (χ1n) is 11.6. The molecular formula is C28H24F2N4O2. The fraction of sp³-hybridized carbons (Fsp3) is 0.179. The molecule has 0 spiro atoms. The maximum Gasteiger partial charge on any atom is 0.273 e. The zero-order chi connectivity index (χ0) is 25.4. The van der Waals surface area contributed by atoms with Crippen LogP contribution in [0.3, 0.4) is 0 Å². The third-order valence-corrected chi connectivity index (χ3v) is 6.35. The van der Waals surface area contributed by atoms with Crippen LogP contribution in [0, 0.1) is 5.92 Å². The molecule has 2 amide bonds. The number of alkyl halides is 2. The molecule has 0 saturated heterocycles. The number of fused-ring (bicyclic) bond motifs is 1. The van der Waals surface area contributed by atoms with Crippen molar-refractivity contribution in [3.8, 4) is 5.69 Å². The lowest BCUT2D eigenvalue weighted by Crippen LogP contribution is -2.36. The number of nitrogens with zero attached hydrogens (tertiary/aromatic N) is 3. The van der Waals surface area contributed by atoms with Crippen molar-refractivity contribution in [1.82, 2.24) is 4.57 Å². The van der Waals surface area contributed by atoms with Gasteiger partial charge < -0.3 is 9.88 Å². The minimum Gasteiger partial charge on any atom is -0.325 e. The monoisotopic (exact) mass is 486 g/mol. The molecule has 3 aromatic carbocycles. The zero-order valence-electron chi connectivity index (χ0n) is 19.8. The lowest BCUT2D eigenvalue weighted by Gasteiger charge is -2.17. The predicted molar refractivity (Wildman–Crippen MR) is 137 cm³/mol. The van der Waals surface area contributed by atoms with Crippen LogP contribution >= 0.6 is 0 Å². The molecule has 0 aliphatic carbocycles. The fourth-order valence-corrected chi connectivity index (χ4v) is 4.36. The van der Waals surface area contributed by atoms with Crippen molar-refractivity contribution >= 4 is 39.8 Å². The normalized spacial score (nSPS) is 15.9. The molecule has 0 radical (unpaired) electrons. The van der Waals surface area contributed by atoms with Crippen LogP contribution in [0.1, 0.15) is 25.8 Å². The van der Waals surface area contributed by atoms with Gasteiger partial charge in [0.15, 0.2) is 5.92 Å². The number of anilines is 2. The molecule has 0 bridgehead atoms. The summed E-state index contributed by atoms with van der Waals surface area (Å²) < 4.78 is 30.2. The highest BCUT2D eigenvalue weighted by Gasteiger charge is 2.40. The second-order valence-corrected chi connectivity index (χ2v) is 8.72. The van der Waals surface area contributed by atoms with E-state index < -0.39 is 23.7 Å². The van der Waals surface area contributed by atoms with Gasteiger partial charge in [0.1, 0.15) is 0 Å². The average molecular weight is 487 g/mol. The molecule has 5 rings (SSSR count). The van der Waals surface area contributed by atoms with Gasteiger partial charge in [-0.15, -0.1) is 0 Å². The van der Waals surface area contributed by atoms with Crippen molar-refractivity contribution in [2.75, 3.05) is 10.3 Å². The molecule has 182 valence electrons. The molecule has 6 nitrogen and oxygen atoms in total. The van der Waals surface area contributed by atoms with Gasteiger partial charge in [0.25, 0.3) is 11.8 Å². The largest absolute Gasteiger partial charge is 0.325 e. The van der Waals surface area contributed by atoms with Crippen LogP contribution in [0.2, 0.25) is 0 Å². The predicted octanol–water partition coefficient (Wildman–Crippen LogP) is 6.11. The SMILES string of the molecule is CCC(F)(F)c1cccc(NC(=O)C2C(=O)N(c3ccc4ccn(-c5ccccc5)c4c3)N=C2C)c1. The Kier molecular flexibility index (Phi) is 5.88. The lowest BCUT2D eigenvalue weighted by atomic mass is 10.0. The van der Waals surface area contributed by atoms with E-state index in [2.05, 4.69) is 10.4 Å². The summed E-state index contributed by atoms with van der Waals surface area (Å²) in [5.74, 6) is -5.28. The van der Waals surface area contributed by atoms with Gasteiger partial charge in [0, 0.05) is 34.9 Å². The minimum absolute atomic E-state index is 0.192. The van der Waals surface area contributed by atoms with Crippen molar-refractivity contribution in [3.05, 3.63) is 90.6 Å². The van der Waals surface area contributed by atoms with Crippen molar-refractivity contribution < 1.29 is 18.4 Å². The summed E-state index contributed by atoms with van der Waals surface area (Å²) in [4.78, 5) is 26.3. The highest BCUT2D eigenvalue weighted by Crippen LogP contribution is 2.33. The third kappa shape index (κ3) is 4.15. The Bertz CT molecular complexity index is 1490. The molecule has 1 aliphatic rings. The van der Waals surface area contributed by atoms with Gasteiger partial charge in [-0.05, 0) is 49.4 Å². The van der Waals surface area contributed by atoms with E-state index in [0.717, 1.165) is 16.6 Å². The summed E-state index contributed by atoms with van der Waals surface area (Å²) in [6, 6.07) is 22.9. The molecule has 1 aliphatic heterocycles. The number of para-hydroxylation sites is 1. The Morgan fingerprint density at radius 1 is 1.00 bits per heavy atom. The van der Waals surface area contributed by atoms with E-state index in [1.54, 1.807) is 13.0 Å². The number of halogens is 2. The number of hydrogen-bond acceptors (Lipinski definition) is 3. The second kappa shape index (κ2) is 9.03. The van der Waals surface area contributed by atoms with Gasteiger partial charge in [0.2, 0.25) is 5.91 Å². The van der Waals surface area contributed by atoms with Crippen LogP contribution in [0.5, 0.6) is 0 Å². The number of aromatic nitrogens is 1.